The average Bonchev–Trinajstić information content (AvgIpc) is 2.39. The van der Waals surface area contributed by atoms with Crippen LogP contribution in [0.2, 0.25) is 0 Å². The summed E-state index contributed by atoms with van der Waals surface area (Å²) in [6.45, 7) is 7.86. The summed E-state index contributed by atoms with van der Waals surface area (Å²) in [6.07, 6.45) is 0. The van der Waals surface area contributed by atoms with Crippen LogP contribution in [0.3, 0.4) is 0 Å². The van der Waals surface area contributed by atoms with E-state index in [0.717, 1.165) is 32.7 Å². The van der Waals surface area contributed by atoms with Gasteiger partial charge in [-0.2, -0.15) is 0 Å². The Morgan fingerprint density at radius 3 is 2.26 bits per heavy atom. The number of piperazine rings is 1. The van der Waals surface area contributed by atoms with Gasteiger partial charge in [0.15, 0.2) is 0 Å². The van der Waals surface area contributed by atoms with Gasteiger partial charge in [0.25, 0.3) is 0 Å². The molecule has 1 saturated heterocycles. The van der Waals surface area contributed by atoms with Gasteiger partial charge >= 0.3 is 0 Å². The Hall–Kier alpha value is -1.39. The molecule has 0 unspecified atom stereocenters. The summed E-state index contributed by atoms with van der Waals surface area (Å²) < 4.78 is 0. The van der Waals surface area contributed by atoms with Gasteiger partial charge in [-0.15, -0.1) is 0 Å². The highest BCUT2D eigenvalue weighted by Crippen LogP contribution is 2.11. The van der Waals surface area contributed by atoms with Crippen molar-refractivity contribution in [3.8, 4) is 0 Å². The molecule has 1 aromatic carbocycles. The number of nitrogens with two attached hydrogens (primary N) is 1. The molecule has 0 aromatic heterocycles. The molecule has 0 atom stereocenters. The Labute approximate surface area is 115 Å². The lowest BCUT2D eigenvalue weighted by Crippen LogP contribution is -2.56. The summed E-state index contributed by atoms with van der Waals surface area (Å²) in [5.74, 6) is 0.0480. The number of hydrogen-bond acceptors (Lipinski definition) is 3. The highest BCUT2D eigenvalue weighted by atomic mass is 16.2. The number of nitrogens with zero attached hydrogens (tertiary/aromatic N) is 2. The molecule has 0 bridgehead atoms. The predicted octanol–water partition coefficient (Wildman–Crippen LogP) is 1.07. The molecule has 0 spiro atoms. The molecule has 104 valence electrons. The van der Waals surface area contributed by atoms with Crippen molar-refractivity contribution >= 4 is 5.91 Å². The van der Waals surface area contributed by atoms with Gasteiger partial charge in [0.05, 0.1) is 5.54 Å². The molecule has 1 heterocycles. The molecular weight excluding hydrogens is 238 g/mol. The smallest absolute Gasteiger partial charge is 0.242 e. The number of benzene rings is 1. The van der Waals surface area contributed by atoms with Crippen molar-refractivity contribution in [1.82, 2.24) is 9.80 Å². The first kappa shape index (κ1) is 14.0. The molecular formula is C15H23N3O. The third-order valence-corrected chi connectivity index (χ3v) is 3.46. The second kappa shape index (κ2) is 5.72. The summed E-state index contributed by atoms with van der Waals surface area (Å²) in [5, 5.41) is 0. The van der Waals surface area contributed by atoms with Gasteiger partial charge in [-0.3, -0.25) is 9.69 Å². The third-order valence-electron chi connectivity index (χ3n) is 3.46. The second-order valence-electron chi connectivity index (χ2n) is 5.78. The SMILES string of the molecule is CC(C)(N)C(=O)N1CCN(Cc2ccccc2)CC1. The van der Waals surface area contributed by atoms with Crippen molar-refractivity contribution in [2.24, 2.45) is 5.73 Å². The van der Waals surface area contributed by atoms with Crippen LogP contribution in [0.1, 0.15) is 19.4 Å². The van der Waals surface area contributed by atoms with Crippen LogP contribution < -0.4 is 5.73 Å². The lowest BCUT2D eigenvalue weighted by molar-refractivity contribution is -0.137. The number of amides is 1. The number of carbonyl (C=O) groups is 1. The van der Waals surface area contributed by atoms with Crippen LogP contribution in [-0.2, 0) is 11.3 Å². The van der Waals surface area contributed by atoms with Gasteiger partial charge in [-0.1, -0.05) is 30.3 Å². The summed E-state index contributed by atoms with van der Waals surface area (Å²) >= 11 is 0. The maximum Gasteiger partial charge on any atom is 0.242 e. The van der Waals surface area contributed by atoms with Crippen LogP contribution in [-0.4, -0.2) is 47.4 Å². The Kier molecular flexibility index (Phi) is 4.22. The Morgan fingerprint density at radius 1 is 1.16 bits per heavy atom. The molecule has 1 amide bonds. The maximum absolute atomic E-state index is 12.1. The van der Waals surface area contributed by atoms with Crippen LogP contribution in [0.5, 0.6) is 0 Å². The minimum absolute atomic E-state index is 0.0480. The van der Waals surface area contributed by atoms with Crippen LogP contribution >= 0.6 is 0 Å². The van der Waals surface area contributed by atoms with Crippen LogP contribution in [0, 0.1) is 0 Å². The molecule has 2 N–H and O–H groups in total. The topological polar surface area (TPSA) is 49.6 Å². The summed E-state index contributed by atoms with van der Waals surface area (Å²) in [6, 6.07) is 10.4. The minimum atomic E-state index is -0.762. The van der Waals surface area contributed by atoms with Gasteiger partial charge in [0.1, 0.15) is 0 Å². The van der Waals surface area contributed by atoms with Gasteiger partial charge in [0.2, 0.25) is 5.91 Å². The second-order valence-corrected chi connectivity index (χ2v) is 5.78. The summed E-state index contributed by atoms with van der Waals surface area (Å²) in [5.41, 5.74) is 6.42. The third kappa shape index (κ3) is 3.78. The predicted molar refractivity (Wildman–Crippen MR) is 76.6 cm³/mol. The lowest BCUT2D eigenvalue weighted by Gasteiger charge is -2.37. The zero-order valence-corrected chi connectivity index (χ0v) is 11.8. The Morgan fingerprint density at radius 2 is 1.74 bits per heavy atom. The van der Waals surface area contributed by atoms with E-state index in [-0.39, 0.29) is 5.91 Å². The molecule has 2 rings (SSSR count). The van der Waals surface area contributed by atoms with Gasteiger partial charge in [-0.25, -0.2) is 0 Å². The number of hydrogen-bond donors (Lipinski definition) is 1. The summed E-state index contributed by atoms with van der Waals surface area (Å²) in [7, 11) is 0. The standard InChI is InChI=1S/C15H23N3O/c1-15(2,16)14(19)18-10-8-17(9-11-18)12-13-6-4-3-5-7-13/h3-7H,8-12,16H2,1-2H3. The monoisotopic (exact) mass is 261 g/mol. The van der Waals surface area contributed by atoms with E-state index in [2.05, 4.69) is 29.2 Å². The van der Waals surface area contributed by atoms with Crippen molar-refractivity contribution in [1.29, 1.82) is 0 Å². The van der Waals surface area contributed by atoms with Crippen LogP contribution in [0.15, 0.2) is 30.3 Å². The average molecular weight is 261 g/mol. The van der Waals surface area contributed by atoms with E-state index in [0.29, 0.717) is 0 Å². The van der Waals surface area contributed by atoms with E-state index in [1.807, 2.05) is 11.0 Å². The lowest BCUT2D eigenvalue weighted by atomic mass is 10.0. The molecule has 4 heteroatoms. The van der Waals surface area contributed by atoms with Crippen molar-refractivity contribution in [2.45, 2.75) is 25.9 Å². The normalized spacial score (nSPS) is 17.5. The van der Waals surface area contributed by atoms with E-state index in [4.69, 9.17) is 5.73 Å². The molecule has 1 aliphatic heterocycles. The molecule has 0 saturated carbocycles. The molecule has 1 aliphatic rings. The van der Waals surface area contributed by atoms with Crippen molar-refractivity contribution in [2.75, 3.05) is 26.2 Å². The van der Waals surface area contributed by atoms with E-state index in [1.54, 1.807) is 13.8 Å². The van der Waals surface area contributed by atoms with E-state index in [1.165, 1.54) is 5.56 Å². The van der Waals surface area contributed by atoms with Crippen molar-refractivity contribution in [3.63, 3.8) is 0 Å². The highest BCUT2D eigenvalue weighted by Gasteiger charge is 2.29. The van der Waals surface area contributed by atoms with Crippen molar-refractivity contribution in [3.05, 3.63) is 35.9 Å². The van der Waals surface area contributed by atoms with E-state index in [9.17, 15) is 4.79 Å². The molecule has 0 radical (unpaired) electrons. The van der Waals surface area contributed by atoms with Crippen molar-refractivity contribution < 1.29 is 4.79 Å². The molecule has 1 aromatic rings. The maximum atomic E-state index is 12.1. The minimum Gasteiger partial charge on any atom is -0.339 e. The Balaban J connectivity index is 1.85. The van der Waals surface area contributed by atoms with Gasteiger partial charge < -0.3 is 10.6 Å². The molecule has 19 heavy (non-hydrogen) atoms. The Bertz CT molecular complexity index is 417. The fourth-order valence-corrected chi connectivity index (χ4v) is 2.36. The molecule has 4 nitrogen and oxygen atoms in total. The largest absolute Gasteiger partial charge is 0.339 e. The quantitative estimate of drug-likeness (QED) is 0.885. The van der Waals surface area contributed by atoms with Crippen LogP contribution in [0.4, 0.5) is 0 Å². The zero-order valence-electron chi connectivity index (χ0n) is 11.8. The number of carbonyl (C=O) groups excluding carboxylic acids is 1. The first-order valence-electron chi connectivity index (χ1n) is 6.81. The fourth-order valence-electron chi connectivity index (χ4n) is 2.36. The van der Waals surface area contributed by atoms with Crippen LogP contribution in [0.25, 0.3) is 0 Å². The van der Waals surface area contributed by atoms with E-state index >= 15 is 0 Å². The molecule has 1 fully saturated rings. The number of rotatable bonds is 3. The first-order valence-corrected chi connectivity index (χ1v) is 6.81. The summed E-state index contributed by atoms with van der Waals surface area (Å²) in [4.78, 5) is 16.3. The first-order chi connectivity index (χ1) is 8.97. The van der Waals surface area contributed by atoms with E-state index < -0.39 is 5.54 Å². The highest BCUT2D eigenvalue weighted by molar-refractivity contribution is 5.85. The van der Waals surface area contributed by atoms with Gasteiger partial charge in [0, 0.05) is 32.7 Å². The zero-order chi connectivity index (χ0) is 13.9. The van der Waals surface area contributed by atoms with Gasteiger partial charge in [-0.05, 0) is 19.4 Å². The molecule has 0 aliphatic carbocycles. The fraction of sp³-hybridized carbons (Fsp3) is 0.533.